The van der Waals surface area contributed by atoms with E-state index in [2.05, 4.69) is 11.8 Å². The van der Waals surface area contributed by atoms with Crippen LogP contribution >= 0.6 is 11.3 Å². The number of hydrogen-bond acceptors (Lipinski definition) is 4. The molecule has 1 fully saturated rings. The van der Waals surface area contributed by atoms with E-state index in [9.17, 15) is 5.11 Å². The molecule has 1 heterocycles. The molecule has 1 aromatic carbocycles. The summed E-state index contributed by atoms with van der Waals surface area (Å²) < 4.78 is 1.07. The van der Waals surface area contributed by atoms with Gasteiger partial charge in [0.15, 0.2) is 5.13 Å². The van der Waals surface area contributed by atoms with Crippen molar-refractivity contribution in [3.05, 3.63) is 18.2 Å². The predicted octanol–water partition coefficient (Wildman–Crippen LogP) is 4.16. The Labute approximate surface area is 117 Å². The van der Waals surface area contributed by atoms with Gasteiger partial charge >= 0.3 is 0 Å². The third-order valence-corrected chi connectivity index (χ3v) is 5.02. The molecule has 1 aromatic heterocycles. The molecule has 0 spiro atoms. The van der Waals surface area contributed by atoms with Gasteiger partial charge in [-0.1, -0.05) is 30.6 Å². The minimum absolute atomic E-state index is 0.323. The van der Waals surface area contributed by atoms with Crippen molar-refractivity contribution in [1.82, 2.24) is 4.98 Å². The van der Waals surface area contributed by atoms with Gasteiger partial charge in [0, 0.05) is 12.6 Å². The summed E-state index contributed by atoms with van der Waals surface area (Å²) in [6.45, 7) is 3.22. The van der Waals surface area contributed by atoms with Crippen LogP contribution in [0.1, 0.15) is 39.0 Å². The van der Waals surface area contributed by atoms with Crippen molar-refractivity contribution < 1.29 is 5.11 Å². The van der Waals surface area contributed by atoms with Crippen LogP contribution in [0.5, 0.6) is 5.75 Å². The molecule has 1 N–H and O–H groups in total. The summed E-state index contributed by atoms with van der Waals surface area (Å²) in [6, 6.07) is 6.07. The average Bonchev–Trinajstić information content (AvgIpc) is 2.83. The fourth-order valence-corrected chi connectivity index (χ4v) is 4.10. The van der Waals surface area contributed by atoms with E-state index in [0.717, 1.165) is 21.9 Å². The smallest absolute Gasteiger partial charge is 0.186 e. The summed E-state index contributed by atoms with van der Waals surface area (Å²) in [5.74, 6) is 0.323. The minimum Gasteiger partial charge on any atom is -0.508 e. The van der Waals surface area contributed by atoms with Gasteiger partial charge < -0.3 is 10.0 Å². The van der Waals surface area contributed by atoms with Crippen LogP contribution in [0.25, 0.3) is 10.2 Å². The first kappa shape index (κ1) is 12.7. The van der Waals surface area contributed by atoms with Gasteiger partial charge in [0.05, 0.1) is 10.2 Å². The lowest BCUT2D eigenvalue weighted by Crippen LogP contribution is -2.36. The first-order chi connectivity index (χ1) is 9.28. The van der Waals surface area contributed by atoms with Crippen LogP contribution < -0.4 is 4.90 Å². The third kappa shape index (κ3) is 2.54. The van der Waals surface area contributed by atoms with E-state index in [4.69, 9.17) is 4.98 Å². The molecule has 0 atom stereocenters. The quantitative estimate of drug-likeness (QED) is 0.914. The van der Waals surface area contributed by atoms with E-state index in [1.54, 1.807) is 17.4 Å². The van der Waals surface area contributed by atoms with Crippen LogP contribution in [0.3, 0.4) is 0 Å². The number of nitrogens with zero attached hydrogens (tertiary/aromatic N) is 2. The van der Waals surface area contributed by atoms with E-state index in [1.165, 1.54) is 32.1 Å². The maximum Gasteiger partial charge on any atom is 0.186 e. The Morgan fingerprint density at radius 2 is 2.11 bits per heavy atom. The average molecular weight is 276 g/mol. The van der Waals surface area contributed by atoms with Crippen molar-refractivity contribution in [1.29, 1.82) is 0 Å². The third-order valence-electron chi connectivity index (χ3n) is 3.96. The first-order valence-corrected chi connectivity index (χ1v) is 7.96. The Hall–Kier alpha value is -1.29. The molecule has 4 heteroatoms. The molecule has 0 saturated heterocycles. The summed E-state index contributed by atoms with van der Waals surface area (Å²) in [7, 11) is 0. The van der Waals surface area contributed by atoms with Crippen molar-refractivity contribution in [3.63, 3.8) is 0 Å². The predicted molar refractivity (Wildman–Crippen MR) is 81.2 cm³/mol. The molecule has 102 valence electrons. The maximum absolute atomic E-state index is 9.55. The lowest BCUT2D eigenvalue weighted by Gasteiger charge is -2.33. The Balaban J connectivity index is 1.91. The Morgan fingerprint density at radius 1 is 1.32 bits per heavy atom. The second kappa shape index (κ2) is 5.37. The molecular formula is C15H20N2OS. The molecule has 0 unspecified atom stereocenters. The highest BCUT2D eigenvalue weighted by atomic mass is 32.1. The van der Waals surface area contributed by atoms with Crippen LogP contribution in [0.4, 0.5) is 5.13 Å². The standard InChI is InChI=1S/C15H20N2OS/c1-2-17(11-6-4-3-5-7-11)15-16-13-9-8-12(18)10-14(13)19-15/h8-11,18H,2-7H2,1H3. The van der Waals surface area contributed by atoms with Gasteiger partial charge in [-0.05, 0) is 38.0 Å². The van der Waals surface area contributed by atoms with Crippen LogP contribution in [-0.2, 0) is 0 Å². The van der Waals surface area contributed by atoms with Crippen LogP contribution in [0, 0.1) is 0 Å². The highest BCUT2D eigenvalue weighted by molar-refractivity contribution is 7.22. The monoisotopic (exact) mass is 276 g/mol. The first-order valence-electron chi connectivity index (χ1n) is 7.14. The number of aromatic nitrogens is 1. The summed E-state index contributed by atoms with van der Waals surface area (Å²) in [4.78, 5) is 7.18. The molecule has 3 nitrogen and oxygen atoms in total. The fraction of sp³-hybridized carbons (Fsp3) is 0.533. The molecule has 1 saturated carbocycles. The topological polar surface area (TPSA) is 36.4 Å². The van der Waals surface area contributed by atoms with Gasteiger partial charge in [-0.15, -0.1) is 0 Å². The molecular weight excluding hydrogens is 256 g/mol. The van der Waals surface area contributed by atoms with E-state index < -0.39 is 0 Å². The highest BCUT2D eigenvalue weighted by Gasteiger charge is 2.22. The number of hydrogen-bond donors (Lipinski definition) is 1. The zero-order chi connectivity index (χ0) is 13.2. The number of rotatable bonds is 3. The number of phenols is 1. The molecule has 2 aromatic rings. The summed E-state index contributed by atoms with van der Waals surface area (Å²) in [5, 5.41) is 10.7. The maximum atomic E-state index is 9.55. The van der Waals surface area contributed by atoms with Gasteiger partial charge in [0.2, 0.25) is 0 Å². The van der Waals surface area contributed by atoms with Crippen molar-refractivity contribution >= 4 is 26.7 Å². The summed E-state index contributed by atoms with van der Waals surface area (Å²) in [6.07, 6.45) is 6.63. The zero-order valence-electron chi connectivity index (χ0n) is 11.3. The van der Waals surface area contributed by atoms with Gasteiger partial charge in [-0.3, -0.25) is 0 Å². The number of fused-ring (bicyclic) bond motifs is 1. The molecule has 1 aliphatic rings. The van der Waals surface area contributed by atoms with Crippen molar-refractivity contribution in [2.24, 2.45) is 0 Å². The molecule has 0 amide bonds. The summed E-state index contributed by atoms with van der Waals surface area (Å²) >= 11 is 1.69. The lowest BCUT2D eigenvalue weighted by atomic mass is 9.94. The van der Waals surface area contributed by atoms with Gasteiger partial charge in [0.25, 0.3) is 0 Å². The van der Waals surface area contributed by atoms with Gasteiger partial charge in [-0.2, -0.15) is 0 Å². The highest BCUT2D eigenvalue weighted by Crippen LogP contribution is 2.34. The van der Waals surface area contributed by atoms with Gasteiger partial charge in [-0.25, -0.2) is 4.98 Å². The van der Waals surface area contributed by atoms with E-state index >= 15 is 0 Å². The fourth-order valence-electron chi connectivity index (χ4n) is 2.97. The van der Waals surface area contributed by atoms with Crippen LogP contribution in [-0.4, -0.2) is 22.7 Å². The second-order valence-electron chi connectivity index (χ2n) is 5.23. The molecule has 0 bridgehead atoms. The Morgan fingerprint density at radius 3 is 2.84 bits per heavy atom. The molecule has 0 radical (unpaired) electrons. The number of aromatic hydroxyl groups is 1. The van der Waals surface area contributed by atoms with Crippen LogP contribution in [0.15, 0.2) is 18.2 Å². The van der Waals surface area contributed by atoms with E-state index in [-0.39, 0.29) is 0 Å². The SMILES string of the molecule is CCN(c1nc2ccc(O)cc2s1)C1CCCCC1. The number of anilines is 1. The summed E-state index contributed by atoms with van der Waals surface area (Å²) in [5.41, 5.74) is 0.993. The van der Waals surface area contributed by atoms with E-state index in [1.807, 2.05) is 12.1 Å². The second-order valence-corrected chi connectivity index (χ2v) is 6.24. The van der Waals surface area contributed by atoms with Crippen molar-refractivity contribution in [2.75, 3.05) is 11.4 Å². The molecule has 1 aliphatic carbocycles. The number of thiazole rings is 1. The molecule has 19 heavy (non-hydrogen) atoms. The Kier molecular flexibility index (Phi) is 3.60. The Bertz CT molecular complexity index is 560. The van der Waals surface area contributed by atoms with Gasteiger partial charge in [0.1, 0.15) is 5.75 Å². The largest absolute Gasteiger partial charge is 0.508 e. The van der Waals surface area contributed by atoms with Crippen molar-refractivity contribution in [3.8, 4) is 5.75 Å². The molecule has 0 aliphatic heterocycles. The number of benzene rings is 1. The normalized spacial score (nSPS) is 16.9. The lowest BCUT2D eigenvalue weighted by molar-refractivity contribution is 0.418. The van der Waals surface area contributed by atoms with E-state index in [0.29, 0.717) is 11.8 Å². The molecule has 3 rings (SSSR count). The van der Waals surface area contributed by atoms with Crippen molar-refractivity contribution in [2.45, 2.75) is 45.1 Å². The van der Waals surface area contributed by atoms with Crippen LogP contribution in [0.2, 0.25) is 0 Å². The number of phenolic OH excluding ortho intramolecular Hbond substituents is 1. The minimum atomic E-state index is 0.323. The zero-order valence-corrected chi connectivity index (χ0v) is 12.1.